The van der Waals surface area contributed by atoms with Gasteiger partial charge in [-0.25, -0.2) is 8.78 Å². The molecule has 0 bridgehead atoms. The SMILES string of the molecule is Fc1ccc(C(c2ccc(F)cc2)N2CCN(Cc3n[nH]c(=S)n3/N=C/c3ccccn3)CC2)cc1. The van der Waals surface area contributed by atoms with E-state index in [2.05, 4.69) is 30.1 Å². The first kappa shape index (κ1) is 24.1. The maximum atomic E-state index is 13.6. The van der Waals surface area contributed by atoms with E-state index in [9.17, 15) is 8.78 Å². The molecule has 2 aromatic heterocycles. The van der Waals surface area contributed by atoms with Gasteiger partial charge in [-0.15, -0.1) is 0 Å². The summed E-state index contributed by atoms with van der Waals surface area (Å²) in [7, 11) is 0. The molecule has 1 saturated heterocycles. The number of pyridine rings is 1. The highest BCUT2D eigenvalue weighted by Crippen LogP contribution is 2.30. The molecule has 0 spiro atoms. The lowest BCUT2D eigenvalue weighted by Gasteiger charge is -2.39. The van der Waals surface area contributed by atoms with Gasteiger partial charge in [0.15, 0.2) is 5.82 Å². The van der Waals surface area contributed by atoms with Crippen LogP contribution in [0.5, 0.6) is 0 Å². The highest BCUT2D eigenvalue weighted by Gasteiger charge is 2.27. The third-order valence-electron chi connectivity index (χ3n) is 6.22. The summed E-state index contributed by atoms with van der Waals surface area (Å²) >= 11 is 5.37. The third kappa shape index (κ3) is 5.62. The zero-order valence-electron chi connectivity index (χ0n) is 19.5. The van der Waals surface area contributed by atoms with E-state index >= 15 is 0 Å². The number of nitrogens with zero attached hydrogens (tertiary/aromatic N) is 6. The zero-order valence-corrected chi connectivity index (χ0v) is 20.3. The number of halogens is 2. The molecule has 4 aromatic rings. The summed E-state index contributed by atoms with van der Waals surface area (Å²) < 4.78 is 29.2. The molecule has 1 fully saturated rings. The lowest BCUT2D eigenvalue weighted by Crippen LogP contribution is -2.47. The Hall–Kier alpha value is -3.60. The number of piperazine rings is 1. The summed E-state index contributed by atoms with van der Waals surface area (Å²) in [4.78, 5) is 8.89. The fourth-order valence-corrected chi connectivity index (χ4v) is 4.60. The molecule has 1 aliphatic rings. The third-order valence-corrected chi connectivity index (χ3v) is 6.48. The number of benzene rings is 2. The van der Waals surface area contributed by atoms with E-state index in [1.54, 1.807) is 41.4 Å². The first-order chi connectivity index (χ1) is 17.6. The van der Waals surface area contributed by atoms with Crippen LogP contribution in [0.3, 0.4) is 0 Å². The van der Waals surface area contributed by atoms with Gasteiger partial charge in [-0.2, -0.15) is 14.9 Å². The van der Waals surface area contributed by atoms with Crippen LogP contribution < -0.4 is 0 Å². The molecule has 36 heavy (non-hydrogen) atoms. The van der Waals surface area contributed by atoms with Gasteiger partial charge in [0, 0.05) is 32.4 Å². The highest BCUT2D eigenvalue weighted by molar-refractivity contribution is 7.71. The van der Waals surface area contributed by atoms with Gasteiger partial charge in [0.05, 0.1) is 24.5 Å². The van der Waals surface area contributed by atoms with Crippen molar-refractivity contribution in [1.29, 1.82) is 0 Å². The molecule has 0 amide bonds. The van der Waals surface area contributed by atoms with Crippen LogP contribution in [-0.4, -0.2) is 62.1 Å². The van der Waals surface area contributed by atoms with Crippen LogP contribution in [0.25, 0.3) is 0 Å². The molecule has 1 N–H and O–H groups in total. The molecule has 3 heterocycles. The second-order valence-electron chi connectivity index (χ2n) is 8.57. The average molecular weight is 506 g/mol. The van der Waals surface area contributed by atoms with Crippen LogP contribution in [0.15, 0.2) is 78.0 Å². The molecule has 1 aliphatic heterocycles. The number of hydrogen-bond donors (Lipinski definition) is 1. The van der Waals surface area contributed by atoms with Crippen molar-refractivity contribution in [3.8, 4) is 0 Å². The Morgan fingerprint density at radius 2 is 1.56 bits per heavy atom. The summed E-state index contributed by atoms with van der Waals surface area (Å²) in [5.41, 5.74) is 2.68. The molecule has 5 rings (SSSR count). The van der Waals surface area contributed by atoms with Gasteiger partial charge in [0.2, 0.25) is 4.77 Å². The number of nitrogens with one attached hydrogen (secondary N) is 1. The van der Waals surface area contributed by atoms with E-state index < -0.39 is 0 Å². The Balaban J connectivity index is 1.29. The first-order valence-electron chi connectivity index (χ1n) is 11.7. The van der Waals surface area contributed by atoms with Crippen molar-refractivity contribution in [2.75, 3.05) is 26.2 Å². The van der Waals surface area contributed by atoms with Gasteiger partial charge in [-0.05, 0) is 59.7 Å². The summed E-state index contributed by atoms with van der Waals surface area (Å²) in [5.74, 6) is 0.162. The first-order valence-corrected chi connectivity index (χ1v) is 12.1. The van der Waals surface area contributed by atoms with Gasteiger partial charge < -0.3 is 0 Å². The molecular weight excluding hydrogens is 480 g/mol. The summed E-state index contributed by atoms with van der Waals surface area (Å²) in [5, 5.41) is 11.7. The van der Waals surface area contributed by atoms with Crippen LogP contribution in [0, 0.1) is 16.4 Å². The lowest BCUT2D eigenvalue weighted by atomic mass is 9.96. The Morgan fingerprint density at radius 3 is 2.14 bits per heavy atom. The Morgan fingerprint density at radius 1 is 0.917 bits per heavy atom. The molecule has 7 nitrogen and oxygen atoms in total. The quantitative estimate of drug-likeness (QED) is 0.298. The Labute approximate surface area is 212 Å². The number of rotatable bonds is 7. The van der Waals surface area contributed by atoms with Gasteiger partial charge in [-0.3, -0.25) is 19.9 Å². The smallest absolute Gasteiger partial charge is 0.216 e. The molecule has 2 aromatic carbocycles. The van der Waals surface area contributed by atoms with Crippen molar-refractivity contribution >= 4 is 18.4 Å². The van der Waals surface area contributed by atoms with Crippen molar-refractivity contribution < 1.29 is 8.78 Å². The number of aromatic amines is 1. The molecular formula is C26H25F2N7S. The topological polar surface area (TPSA) is 65.3 Å². The van der Waals surface area contributed by atoms with Crippen molar-refractivity contribution in [3.05, 3.63) is 112 Å². The van der Waals surface area contributed by atoms with E-state index in [1.807, 2.05) is 18.2 Å². The number of H-pyrrole nitrogens is 1. The molecule has 0 saturated carbocycles. The summed E-state index contributed by atoms with van der Waals surface area (Å²) in [6, 6.07) is 18.6. The van der Waals surface area contributed by atoms with Crippen LogP contribution in [0.2, 0.25) is 0 Å². The monoisotopic (exact) mass is 505 g/mol. The second kappa shape index (κ2) is 11.0. The molecule has 0 aliphatic carbocycles. The summed E-state index contributed by atoms with van der Waals surface area (Å²) in [6.07, 6.45) is 3.37. The Kier molecular flexibility index (Phi) is 7.36. The second-order valence-corrected chi connectivity index (χ2v) is 8.96. The fraction of sp³-hybridized carbons (Fsp3) is 0.231. The predicted octanol–water partition coefficient (Wildman–Crippen LogP) is 4.40. The normalized spacial score (nSPS) is 15.2. The predicted molar refractivity (Wildman–Crippen MR) is 136 cm³/mol. The van der Waals surface area contributed by atoms with E-state index in [4.69, 9.17) is 12.2 Å². The molecule has 0 radical (unpaired) electrons. The molecule has 0 atom stereocenters. The minimum atomic E-state index is -0.277. The van der Waals surface area contributed by atoms with Crippen LogP contribution in [-0.2, 0) is 6.54 Å². The average Bonchev–Trinajstić information content (AvgIpc) is 3.25. The van der Waals surface area contributed by atoms with Crippen molar-refractivity contribution in [2.45, 2.75) is 12.6 Å². The van der Waals surface area contributed by atoms with Gasteiger partial charge in [0.1, 0.15) is 11.6 Å². The van der Waals surface area contributed by atoms with Crippen molar-refractivity contribution in [3.63, 3.8) is 0 Å². The van der Waals surface area contributed by atoms with E-state index in [0.717, 1.165) is 43.0 Å². The highest BCUT2D eigenvalue weighted by atomic mass is 32.1. The van der Waals surface area contributed by atoms with E-state index in [-0.39, 0.29) is 17.7 Å². The Bertz CT molecular complexity index is 1310. The largest absolute Gasteiger partial charge is 0.293 e. The maximum absolute atomic E-state index is 13.6. The number of aromatic nitrogens is 4. The molecule has 10 heteroatoms. The fourth-order valence-electron chi connectivity index (χ4n) is 4.40. The van der Waals surface area contributed by atoms with Crippen LogP contribution >= 0.6 is 12.2 Å². The molecule has 0 unspecified atom stereocenters. The van der Waals surface area contributed by atoms with Gasteiger partial charge >= 0.3 is 0 Å². The van der Waals surface area contributed by atoms with Crippen LogP contribution in [0.1, 0.15) is 28.7 Å². The van der Waals surface area contributed by atoms with E-state index in [1.165, 1.54) is 24.3 Å². The van der Waals surface area contributed by atoms with Crippen molar-refractivity contribution in [1.82, 2.24) is 29.7 Å². The molecule has 184 valence electrons. The van der Waals surface area contributed by atoms with Gasteiger partial charge in [0.25, 0.3) is 0 Å². The zero-order chi connectivity index (χ0) is 24.9. The lowest BCUT2D eigenvalue weighted by molar-refractivity contribution is 0.102. The van der Waals surface area contributed by atoms with Crippen LogP contribution in [0.4, 0.5) is 8.78 Å². The standard InChI is InChI=1S/C26H25F2N7S/c27-21-8-4-19(5-9-21)25(20-6-10-22(28)11-7-20)34-15-13-33(14-16-34)18-24-31-32-26(36)35(24)30-17-23-3-1-2-12-29-23/h1-12,17,25H,13-16,18H2,(H,32,36)/b30-17+. The van der Waals surface area contributed by atoms with E-state index in [0.29, 0.717) is 17.1 Å². The minimum absolute atomic E-state index is 0.0918. The van der Waals surface area contributed by atoms with Gasteiger partial charge in [-0.1, -0.05) is 30.3 Å². The minimum Gasteiger partial charge on any atom is -0.293 e. The number of hydrogen-bond acceptors (Lipinski definition) is 6. The van der Waals surface area contributed by atoms with Crippen molar-refractivity contribution in [2.24, 2.45) is 5.10 Å². The summed E-state index contributed by atoms with van der Waals surface area (Å²) in [6.45, 7) is 3.73. The maximum Gasteiger partial charge on any atom is 0.216 e.